The van der Waals surface area contributed by atoms with Gasteiger partial charge in [-0.25, -0.2) is 0 Å². The lowest BCUT2D eigenvalue weighted by atomic mass is 10.0. The Bertz CT molecular complexity index is 536. The molecule has 1 aromatic carbocycles. The molecule has 1 aromatic rings. The van der Waals surface area contributed by atoms with E-state index in [0.29, 0.717) is 13.0 Å². The number of piperidine rings is 1. The minimum absolute atomic E-state index is 0. The van der Waals surface area contributed by atoms with Gasteiger partial charge in [-0.05, 0) is 43.9 Å². The van der Waals surface area contributed by atoms with Crippen molar-refractivity contribution in [2.45, 2.75) is 44.4 Å². The number of hydrogen-bond donors (Lipinski definition) is 3. The number of hydrogen-bond acceptors (Lipinski definition) is 4. The molecule has 0 unspecified atom stereocenters. The normalized spacial score (nSPS) is 24.0. The zero-order valence-electron chi connectivity index (χ0n) is 13.9. The van der Waals surface area contributed by atoms with Gasteiger partial charge in [-0.3, -0.25) is 4.79 Å². The second-order valence-corrected chi connectivity index (χ2v) is 6.46. The number of amides is 1. The molecule has 2 fully saturated rings. The van der Waals surface area contributed by atoms with Crippen molar-refractivity contribution in [3.63, 3.8) is 0 Å². The number of aliphatic hydroxyl groups excluding tert-OH is 1. The second kappa shape index (κ2) is 9.47. The number of nitrogens with zero attached hydrogens (tertiary/aromatic N) is 1. The zero-order chi connectivity index (χ0) is 15.5. The monoisotopic (exact) mass is 375 g/mol. The van der Waals surface area contributed by atoms with Crippen molar-refractivity contribution in [3.05, 3.63) is 29.8 Å². The second-order valence-electron chi connectivity index (χ2n) is 6.46. The molecule has 5 nitrogen and oxygen atoms in total. The highest BCUT2D eigenvalue weighted by atomic mass is 35.5. The maximum Gasteiger partial charge on any atom is 0.237 e. The molecule has 0 spiro atoms. The van der Waals surface area contributed by atoms with Crippen molar-refractivity contribution < 1.29 is 9.90 Å². The smallest absolute Gasteiger partial charge is 0.237 e. The number of β-amino-alcohol motifs (C(OH)–C–C–N with tert-alkyl or cyclic N) is 1. The van der Waals surface area contributed by atoms with E-state index in [1.807, 2.05) is 0 Å². The predicted octanol–water partition coefficient (Wildman–Crippen LogP) is 1.65. The number of nitrogens with one attached hydrogen (secondary N) is 2. The number of halogens is 2. The summed E-state index contributed by atoms with van der Waals surface area (Å²) < 4.78 is 0. The Morgan fingerprint density at radius 3 is 2.58 bits per heavy atom. The lowest BCUT2D eigenvalue weighted by Crippen LogP contribution is -2.49. The van der Waals surface area contributed by atoms with Crippen molar-refractivity contribution in [2.75, 3.05) is 24.5 Å². The molecule has 2 aliphatic heterocycles. The molecule has 3 rings (SSSR count). The van der Waals surface area contributed by atoms with E-state index in [9.17, 15) is 9.90 Å². The number of benzene rings is 1. The lowest BCUT2D eigenvalue weighted by molar-refractivity contribution is -0.123. The van der Waals surface area contributed by atoms with Crippen molar-refractivity contribution in [1.82, 2.24) is 10.6 Å². The van der Waals surface area contributed by atoms with Gasteiger partial charge in [0.1, 0.15) is 0 Å². The molecule has 0 aromatic heterocycles. The average Bonchev–Trinajstić information content (AvgIpc) is 2.95. The van der Waals surface area contributed by atoms with Crippen LogP contribution in [0.2, 0.25) is 0 Å². The van der Waals surface area contributed by atoms with E-state index in [0.717, 1.165) is 25.9 Å². The van der Waals surface area contributed by atoms with E-state index in [1.54, 1.807) is 0 Å². The third-order valence-electron chi connectivity index (χ3n) is 4.63. The van der Waals surface area contributed by atoms with Crippen molar-refractivity contribution in [3.8, 4) is 0 Å². The van der Waals surface area contributed by atoms with Crippen LogP contribution in [0.3, 0.4) is 0 Å². The molecule has 7 heteroatoms. The van der Waals surface area contributed by atoms with Crippen LogP contribution in [0.1, 0.15) is 24.8 Å². The largest absolute Gasteiger partial charge is 0.392 e. The van der Waals surface area contributed by atoms with Gasteiger partial charge < -0.3 is 20.6 Å². The van der Waals surface area contributed by atoms with Gasteiger partial charge >= 0.3 is 0 Å². The number of rotatable bonds is 3. The maximum atomic E-state index is 12.2. The minimum Gasteiger partial charge on any atom is -0.392 e. The van der Waals surface area contributed by atoms with Crippen LogP contribution in [0.4, 0.5) is 5.69 Å². The summed E-state index contributed by atoms with van der Waals surface area (Å²) in [5.74, 6) is 0.0329. The molecule has 24 heavy (non-hydrogen) atoms. The Morgan fingerprint density at radius 1 is 1.29 bits per heavy atom. The zero-order valence-corrected chi connectivity index (χ0v) is 15.5. The Morgan fingerprint density at radius 2 is 2.00 bits per heavy atom. The molecule has 0 aliphatic carbocycles. The summed E-state index contributed by atoms with van der Waals surface area (Å²) in [6, 6.07) is 8.58. The number of carbonyl (C=O) groups excluding carboxylic acids is 1. The van der Waals surface area contributed by atoms with Gasteiger partial charge in [0.05, 0.1) is 12.1 Å². The van der Waals surface area contributed by atoms with Gasteiger partial charge in [0, 0.05) is 31.4 Å². The van der Waals surface area contributed by atoms with Crippen LogP contribution >= 0.6 is 24.8 Å². The quantitative estimate of drug-likeness (QED) is 0.751. The van der Waals surface area contributed by atoms with Gasteiger partial charge in [0.15, 0.2) is 0 Å². The summed E-state index contributed by atoms with van der Waals surface area (Å²) in [5, 5.41) is 15.7. The summed E-state index contributed by atoms with van der Waals surface area (Å²) in [4.78, 5) is 14.5. The lowest BCUT2D eigenvalue weighted by Gasteiger charge is -2.34. The summed E-state index contributed by atoms with van der Waals surface area (Å²) in [7, 11) is 0. The predicted molar refractivity (Wildman–Crippen MR) is 101 cm³/mol. The molecule has 3 N–H and O–H groups in total. The highest BCUT2D eigenvalue weighted by Gasteiger charge is 2.30. The van der Waals surface area contributed by atoms with Crippen molar-refractivity contribution in [2.24, 2.45) is 0 Å². The molecule has 2 aliphatic rings. The SMILES string of the molecule is Cc1cccc(N2CCC(NC(=O)[C@H]3C[C@@H](O)CN3)CC2)c1.Cl.Cl. The molecule has 0 saturated carbocycles. The minimum atomic E-state index is -0.390. The fraction of sp³-hybridized carbons (Fsp3) is 0.588. The van der Waals surface area contributed by atoms with Crippen molar-refractivity contribution >= 4 is 36.4 Å². The summed E-state index contributed by atoms with van der Waals surface area (Å²) in [6.07, 6.45) is 2.07. The van der Waals surface area contributed by atoms with E-state index in [2.05, 4.69) is 46.7 Å². The molecule has 2 atom stereocenters. The maximum absolute atomic E-state index is 12.2. The number of aliphatic hydroxyl groups is 1. The summed E-state index contributed by atoms with van der Waals surface area (Å²) >= 11 is 0. The molecule has 2 saturated heterocycles. The van der Waals surface area contributed by atoms with Crippen molar-refractivity contribution in [1.29, 1.82) is 0 Å². The van der Waals surface area contributed by atoms with Gasteiger partial charge in [-0.2, -0.15) is 0 Å². The molecule has 0 radical (unpaired) electrons. The highest BCUT2D eigenvalue weighted by Crippen LogP contribution is 2.21. The van der Waals surface area contributed by atoms with Crippen LogP contribution in [-0.4, -0.2) is 48.8 Å². The van der Waals surface area contributed by atoms with Gasteiger partial charge in [-0.15, -0.1) is 24.8 Å². The Hall–Kier alpha value is -1.01. The van der Waals surface area contributed by atoms with Crippen LogP contribution in [0.15, 0.2) is 24.3 Å². The van der Waals surface area contributed by atoms with Crippen LogP contribution in [0.25, 0.3) is 0 Å². The van der Waals surface area contributed by atoms with E-state index < -0.39 is 0 Å². The molecule has 136 valence electrons. The molecule has 2 heterocycles. The molecule has 1 amide bonds. The van der Waals surface area contributed by atoms with Gasteiger partial charge in [0.2, 0.25) is 5.91 Å². The van der Waals surface area contributed by atoms with Gasteiger partial charge in [0.25, 0.3) is 0 Å². The van der Waals surface area contributed by atoms with E-state index in [4.69, 9.17) is 0 Å². The number of carbonyl (C=O) groups is 1. The fourth-order valence-corrected chi connectivity index (χ4v) is 3.33. The number of anilines is 1. The van der Waals surface area contributed by atoms with Crippen LogP contribution < -0.4 is 15.5 Å². The average molecular weight is 376 g/mol. The highest BCUT2D eigenvalue weighted by molar-refractivity contribution is 5.85. The molecular formula is C17H27Cl2N3O2. The van der Waals surface area contributed by atoms with E-state index in [-0.39, 0.29) is 48.9 Å². The summed E-state index contributed by atoms with van der Waals surface area (Å²) in [6.45, 7) is 4.56. The van der Waals surface area contributed by atoms with Crippen LogP contribution in [0, 0.1) is 6.92 Å². The first kappa shape index (κ1) is 21.0. The first-order chi connectivity index (χ1) is 10.6. The first-order valence-corrected chi connectivity index (χ1v) is 8.15. The first-order valence-electron chi connectivity index (χ1n) is 8.15. The molecular weight excluding hydrogens is 349 g/mol. The standard InChI is InChI=1S/C17H25N3O2.2ClH/c1-12-3-2-4-14(9-12)20-7-5-13(6-8-20)19-17(22)16-10-15(21)11-18-16;;/h2-4,9,13,15-16,18,21H,5-8,10-11H2,1H3,(H,19,22);2*1H/t15-,16-;;/m1../s1. The van der Waals surface area contributed by atoms with E-state index in [1.165, 1.54) is 11.3 Å². The van der Waals surface area contributed by atoms with Gasteiger partial charge in [-0.1, -0.05) is 12.1 Å². The third kappa shape index (κ3) is 5.24. The topological polar surface area (TPSA) is 64.6 Å². The Balaban J connectivity index is 0.00000144. The summed E-state index contributed by atoms with van der Waals surface area (Å²) in [5.41, 5.74) is 2.55. The van der Waals surface area contributed by atoms with Crippen LogP contribution in [0.5, 0.6) is 0 Å². The fourth-order valence-electron chi connectivity index (χ4n) is 3.33. The van der Waals surface area contributed by atoms with Crippen LogP contribution in [-0.2, 0) is 4.79 Å². The Labute approximate surface area is 156 Å². The third-order valence-corrected chi connectivity index (χ3v) is 4.63. The Kier molecular flexibility index (Phi) is 8.30. The van der Waals surface area contributed by atoms with E-state index >= 15 is 0 Å². The molecule has 0 bridgehead atoms. The number of aryl methyl sites for hydroxylation is 1.